The second-order valence-corrected chi connectivity index (χ2v) is 3.36. The molecule has 0 amide bonds. The van der Waals surface area contributed by atoms with Gasteiger partial charge in [-0.25, -0.2) is 4.79 Å². The van der Waals surface area contributed by atoms with E-state index in [2.05, 4.69) is 13.2 Å². The van der Waals surface area contributed by atoms with Crippen LogP contribution in [0.2, 0.25) is 0 Å². The number of carboxylic acids is 1. The minimum Gasteiger partial charge on any atom is -0.481 e. The molecule has 1 unspecified atom stereocenters. The molecule has 0 bridgehead atoms. The van der Waals surface area contributed by atoms with Crippen LogP contribution in [0.25, 0.3) is 0 Å². The highest BCUT2D eigenvalue weighted by atomic mass is 16.6. The maximum atomic E-state index is 10.6. The van der Waals surface area contributed by atoms with Crippen LogP contribution in [-0.4, -0.2) is 36.4 Å². The Kier molecular flexibility index (Phi) is 8.68. The highest BCUT2D eigenvalue weighted by Gasteiger charge is 2.16. The summed E-state index contributed by atoms with van der Waals surface area (Å²) in [4.78, 5) is 20.1. The third-order valence-corrected chi connectivity index (χ3v) is 1.92. The van der Waals surface area contributed by atoms with Gasteiger partial charge in [-0.05, 0) is 12.8 Å². The number of hydrogen-bond donors (Lipinski definition) is 1. The van der Waals surface area contributed by atoms with Crippen LogP contribution in [0.3, 0.4) is 0 Å². The first-order valence-corrected chi connectivity index (χ1v) is 5.33. The Labute approximate surface area is 101 Å². The van der Waals surface area contributed by atoms with Crippen molar-refractivity contribution in [3.63, 3.8) is 0 Å². The predicted octanol–water partition coefficient (Wildman–Crippen LogP) is 1.54. The zero-order chi connectivity index (χ0) is 13.1. The van der Waals surface area contributed by atoms with Gasteiger partial charge in [-0.3, -0.25) is 4.79 Å². The molecule has 5 nitrogen and oxygen atoms in total. The molecule has 1 fully saturated rings. The lowest BCUT2D eigenvalue weighted by atomic mass is 10.2. The molecule has 5 heteroatoms. The first-order valence-electron chi connectivity index (χ1n) is 5.33. The van der Waals surface area contributed by atoms with Crippen LogP contribution in [0.15, 0.2) is 25.3 Å². The van der Waals surface area contributed by atoms with E-state index in [1.165, 1.54) is 6.08 Å². The average Bonchev–Trinajstić information content (AvgIpc) is 2.79. The quantitative estimate of drug-likeness (QED) is 0.450. The van der Waals surface area contributed by atoms with Gasteiger partial charge in [0.15, 0.2) is 0 Å². The highest BCUT2D eigenvalue weighted by Crippen LogP contribution is 2.11. The Morgan fingerprint density at radius 1 is 1.47 bits per heavy atom. The van der Waals surface area contributed by atoms with Gasteiger partial charge in [-0.1, -0.05) is 12.7 Å². The number of ether oxygens (including phenoxy) is 2. The van der Waals surface area contributed by atoms with Gasteiger partial charge in [-0.2, -0.15) is 0 Å². The lowest BCUT2D eigenvalue weighted by Crippen LogP contribution is -2.16. The molecule has 1 N–H and O–H groups in total. The van der Waals surface area contributed by atoms with E-state index < -0.39 is 5.97 Å². The lowest BCUT2D eigenvalue weighted by molar-refractivity contribution is -0.141. The lowest BCUT2D eigenvalue weighted by Gasteiger charge is -2.07. The van der Waals surface area contributed by atoms with Crippen molar-refractivity contribution in [3.05, 3.63) is 25.3 Å². The summed E-state index contributed by atoms with van der Waals surface area (Å²) in [5.41, 5.74) is 0. The maximum Gasteiger partial charge on any atom is 0.330 e. The number of carbonyl (C=O) groups is 2. The van der Waals surface area contributed by atoms with Crippen molar-refractivity contribution in [2.45, 2.75) is 25.4 Å². The SMILES string of the molecule is C=CC(=O)OCC1CCCO1.C=CCC(=O)O. The molecule has 1 saturated heterocycles. The third-order valence-electron chi connectivity index (χ3n) is 1.92. The van der Waals surface area contributed by atoms with Crippen LogP contribution in [0.1, 0.15) is 19.3 Å². The van der Waals surface area contributed by atoms with Crippen molar-refractivity contribution >= 4 is 11.9 Å². The summed E-state index contributed by atoms with van der Waals surface area (Å²) < 4.78 is 10.0. The van der Waals surface area contributed by atoms with Crippen molar-refractivity contribution in [1.82, 2.24) is 0 Å². The highest BCUT2D eigenvalue weighted by molar-refractivity contribution is 5.81. The fraction of sp³-hybridized carbons (Fsp3) is 0.500. The van der Waals surface area contributed by atoms with E-state index in [-0.39, 0.29) is 18.5 Å². The first-order chi connectivity index (χ1) is 8.10. The number of carbonyl (C=O) groups excluding carboxylic acids is 1. The van der Waals surface area contributed by atoms with Crippen molar-refractivity contribution in [2.75, 3.05) is 13.2 Å². The van der Waals surface area contributed by atoms with E-state index >= 15 is 0 Å². The normalized spacial score (nSPS) is 17.5. The fourth-order valence-corrected chi connectivity index (χ4v) is 1.13. The van der Waals surface area contributed by atoms with Gasteiger partial charge < -0.3 is 14.6 Å². The van der Waals surface area contributed by atoms with Crippen molar-refractivity contribution in [3.8, 4) is 0 Å². The molecule has 0 saturated carbocycles. The summed E-state index contributed by atoms with van der Waals surface area (Å²) in [7, 11) is 0. The van der Waals surface area contributed by atoms with Gasteiger partial charge >= 0.3 is 11.9 Å². The Morgan fingerprint density at radius 3 is 2.53 bits per heavy atom. The molecular weight excluding hydrogens is 224 g/mol. The minimum absolute atomic E-state index is 0.0556. The van der Waals surface area contributed by atoms with E-state index in [0.29, 0.717) is 6.61 Å². The van der Waals surface area contributed by atoms with Crippen LogP contribution in [-0.2, 0) is 19.1 Å². The van der Waals surface area contributed by atoms with Gasteiger partial charge in [0.2, 0.25) is 0 Å². The molecule has 1 aliphatic rings. The number of hydrogen-bond acceptors (Lipinski definition) is 4. The Bertz CT molecular complexity index is 266. The van der Waals surface area contributed by atoms with Crippen LogP contribution < -0.4 is 0 Å². The molecule has 0 aromatic heterocycles. The van der Waals surface area contributed by atoms with E-state index in [1.54, 1.807) is 0 Å². The van der Waals surface area contributed by atoms with E-state index in [1.807, 2.05) is 0 Å². The molecule has 1 aliphatic heterocycles. The second kappa shape index (κ2) is 9.59. The van der Waals surface area contributed by atoms with Gasteiger partial charge in [0, 0.05) is 12.7 Å². The smallest absolute Gasteiger partial charge is 0.330 e. The molecule has 1 rings (SSSR count). The molecule has 1 atom stereocenters. The van der Waals surface area contributed by atoms with Gasteiger partial charge in [0.25, 0.3) is 0 Å². The summed E-state index contributed by atoms with van der Waals surface area (Å²) in [6.07, 6.45) is 4.73. The maximum absolute atomic E-state index is 10.6. The minimum atomic E-state index is -0.829. The largest absolute Gasteiger partial charge is 0.481 e. The van der Waals surface area contributed by atoms with Gasteiger partial charge in [-0.15, -0.1) is 6.58 Å². The van der Waals surface area contributed by atoms with Crippen molar-refractivity contribution < 1.29 is 24.2 Å². The molecule has 1 heterocycles. The standard InChI is InChI=1S/C8H12O3.C4H6O2/c1-2-8(9)11-6-7-4-3-5-10-7;1-2-3-4(5)6/h2,7H,1,3-6H2;2H,1,3H2,(H,5,6). The molecular formula is C12H18O5. The summed E-state index contributed by atoms with van der Waals surface area (Å²) >= 11 is 0. The van der Waals surface area contributed by atoms with E-state index in [4.69, 9.17) is 14.6 Å². The van der Waals surface area contributed by atoms with E-state index in [9.17, 15) is 9.59 Å². The van der Waals surface area contributed by atoms with Gasteiger partial charge in [0.05, 0.1) is 12.5 Å². The Morgan fingerprint density at radius 2 is 2.18 bits per heavy atom. The predicted molar refractivity (Wildman–Crippen MR) is 62.6 cm³/mol. The Hall–Kier alpha value is -1.62. The average molecular weight is 242 g/mol. The van der Waals surface area contributed by atoms with Crippen LogP contribution in [0, 0.1) is 0 Å². The van der Waals surface area contributed by atoms with Gasteiger partial charge in [0.1, 0.15) is 6.61 Å². The van der Waals surface area contributed by atoms with Crippen molar-refractivity contribution in [1.29, 1.82) is 0 Å². The molecule has 0 aliphatic carbocycles. The molecule has 0 aromatic carbocycles. The van der Waals surface area contributed by atoms with E-state index in [0.717, 1.165) is 25.5 Å². The molecule has 0 radical (unpaired) electrons. The van der Waals surface area contributed by atoms with Crippen LogP contribution in [0.5, 0.6) is 0 Å². The topological polar surface area (TPSA) is 72.8 Å². The summed E-state index contributed by atoms with van der Waals surface area (Å²) in [6, 6.07) is 0. The zero-order valence-corrected chi connectivity index (χ0v) is 9.76. The summed E-state index contributed by atoms with van der Waals surface area (Å²) in [5, 5.41) is 7.84. The third kappa shape index (κ3) is 9.32. The molecule has 96 valence electrons. The second-order valence-electron chi connectivity index (χ2n) is 3.36. The molecule has 0 aromatic rings. The number of aliphatic carboxylic acids is 1. The number of carboxylic acid groups (broad SMARTS) is 1. The number of esters is 1. The van der Waals surface area contributed by atoms with Crippen molar-refractivity contribution in [2.24, 2.45) is 0 Å². The Balaban J connectivity index is 0.000000366. The first kappa shape index (κ1) is 15.4. The van der Waals surface area contributed by atoms with Crippen LogP contribution >= 0.6 is 0 Å². The zero-order valence-electron chi connectivity index (χ0n) is 9.76. The molecule has 0 spiro atoms. The summed E-state index contributed by atoms with van der Waals surface area (Å²) in [5.74, 6) is -1.20. The number of rotatable bonds is 5. The molecule has 17 heavy (non-hydrogen) atoms. The monoisotopic (exact) mass is 242 g/mol. The fourth-order valence-electron chi connectivity index (χ4n) is 1.13. The summed E-state index contributed by atoms with van der Waals surface area (Å²) in [6.45, 7) is 7.66. The van der Waals surface area contributed by atoms with Crippen LogP contribution in [0.4, 0.5) is 0 Å².